The number of hydrogen-bond donors (Lipinski definition) is 1. The number of benzene rings is 1. The fourth-order valence-corrected chi connectivity index (χ4v) is 6.87. The van der Waals surface area contributed by atoms with Crippen LogP contribution in [0, 0.1) is 17.8 Å². The molecule has 4 aliphatic rings. The van der Waals surface area contributed by atoms with E-state index in [2.05, 4.69) is 0 Å². The molecule has 2 amide bonds. The van der Waals surface area contributed by atoms with E-state index in [-0.39, 0.29) is 37.5 Å². The Morgan fingerprint density at radius 2 is 1.86 bits per heavy atom. The summed E-state index contributed by atoms with van der Waals surface area (Å²) >= 11 is 6.49. The molecule has 0 aliphatic carbocycles. The number of aliphatic hydroxyl groups is 1. The first kappa shape index (κ1) is 25.9. The number of esters is 1. The summed E-state index contributed by atoms with van der Waals surface area (Å²) in [7, 11) is 0. The molecule has 2 saturated heterocycles. The lowest BCUT2D eigenvalue weighted by molar-refractivity contribution is -0.159. The van der Waals surface area contributed by atoms with Crippen LogP contribution in [0.5, 0.6) is 0 Å². The number of fused-ring (bicyclic) bond motifs is 2. The van der Waals surface area contributed by atoms with Crippen LogP contribution in [0.25, 0.3) is 0 Å². The molecule has 1 aromatic rings. The Morgan fingerprint density at radius 1 is 1.11 bits per heavy atom. The molecule has 9 heteroatoms. The van der Waals surface area contributed by atoms with Gasteiger partial charge in [-0.15, -0.1) is 0 Å². The number of para-hydroxylation sites is 1. The number of nitrogens with zero attached hydrogens (tertiary/aromatic N) is 2. The van der Waals surface area contributed by atoms with Crippen LogP contribution in [0.3, 0.4) is 0 Å². The third kappa shape index (κ3) is 3.83. The summed E-state index contributed by atoms with van der Waals surface area (Å²) in [4.78, 5) is 45.2. The third-order valence-corrected chi connectivity index (χ3v) is 8.44. The van der Waals surface area contributed by atoms with E-state index in [4.69, 9.17) is 21.1 Å². The van der Waals surface area contributed by atoms with E-state index in [1.807, 2.05) is 32.9 Å². The van der Waals surface area contributed by atoms with Crippen LogP contribution in [-0.2, 0) is 23.9 Å². The number of aliphatic hydroxyl groups excluding tert-OH is 1. The van der Waals surface area contributed by atoms with Gasteiger partial charge in [0.2, 0.25) is 5.91 Å². The number of halogens is 1. The molecule has 4 aliphatic heterocycles. The minimum absolute atomic E-state index is 0.100. The highest BCUT2D eigenvalue weighted by atomic mass is 35.5. The molecular formula is C28H33ClN2O6. The monoisotopic (exact) mass is 528 g/mol. The van der Waals surface area contributed by atoms with Gasteiger partial charge < -0.3 is 24.4 Å². The van der Waals surface area contributed by atoms with Crippen LogP contribution in [0.15, 0.2) is 48.6 Å². The molecule has 5 rings (SSSR count). The van der Waals surface area contributed by atoms with Gasteiger partial charge >= 0.3 is 5.97 Å². The first-order valence-corrected chi connectivity index (χ1v) is 13.3. The highest BCUT2D eigenvalue weighted by Crippen LogP contribution is 2.59. The average Bonchev–Trinajstić information content (AvgIpc) is 3.15. The standard InChI is InChI=1S/C28H33ClN2O6/c1-4-27-11-8-14-36-26(35)22(27)21-24(33)31(18(16-32)15-17(2)3)23-25(34)30(13-7-12-28(21,23)37-27)20-10-6-5-9-19(20)29/h5-12,17-18,21-23,32H,4,13-16H2,1-3H3/t18-,21+,22-,23?,27+,28+/m1/s1. The Hall–Kier alpha value is -2.68. The summed E-state index contributed by atoms with van der Waals surface area (Å²) in [6.07, 6.45) is 8.06. The third-order valence-electron chi connectivity index (χ3n) is 8.12. The number of cyclic esters (lactones) is 1. The molecule has 0 bridgehead atoms. The van der Waals surface area contributed by atoms with Gasteiger partial charge in [-0.05, 0) is 37.0 Å². The molecular weight excluding hydrogens is 496 g/mol. The predicted octanol–water partition coefficient (Wildman–Crippen LogP) is 3.12. The smallest absolute Gasteiger partial charge is 0.313 e. The van der Waals surface area contributed by atoms with E-state index in [9.17, 15) is 19.5 Å². The summed E-state index contributed by atoms with van der Waals surface area (Å²) in [5, 5.41) is 10.8. The highest BCUT2D eigenvalue weighted by Gasteiger charge is 2.76. The van der Waals surface area contributed by atoms with E-state index >= 15 is 0 Å². The van der Waals surface area contributed by atoms with Crippen LogP contribution in [0.4, 0.5) is 5.69 Å². The summed E-state index contributed by atoms with van der Waals surface area (Å²) in [6.45, 7) is 5.90. The van der Waals surface area contributed by atoms with Crippen molar-refractivity contribution in [3.63, 3.8) is 0 Å². The van der Waals surface area contributed by atoms with Crippen molar-refractivity contribution >= 4 is 35.1 Å². The number of rotatable bonds is 6. The van der Waals surface area contributed by atoms with Gasteiger partial charge in [0.25, 0.3) is 5.91 Å². The van der Waals surface area contributed by atoms with Gasteiger partial charge in [0.1, 0.15) is 29.8 Å². The van der Waals surface area contributed by atoms with Crippen LogP contribution < -0.4 is 4.90 Å². The van der Waals surface area contributed by atoms with Gasteiger partial charge in [-0.25, -0.2) is 0 Å². The van der Waals surface area contributed by atoms with Gasteiger partial charge in [0.15, 0.2) is 0 Å². The number of ether oxygens (including phenoxy) is 2. The molecule has 1 N–H and O–H groups in total. The first-order valence-electron chi connectivity index (χ1n) is 12.9. The van der Waals surface area contributed by atoms with Crippen molar-refractivity contribution in [2.75, 3.05) is 24.7 Å². The van der Waals surface area contributed by atoms with Crippen molar-refractivity contribution in [1.82, 2.24) is 4.90 Å². The van der Waals surface area contributed by atoms with Gasteiger partial charge in [0, 0.05) is 6.54 Å². The maximum atomic E-state index is 14.5. The largest absolute Gasteiger partial charge is 0.461 e. The van der Waals surface area contributed by atoms with Crippen molar-refractivity contribution in [2.45, 2.75) is 56.9 Å². The average molecular weight is 529 g/mol. The number of hydrogen-bond acceptors (Lipinski definition) is 6. The summed E-state index contributed by atoms with van der Waals surface area (Å²) in [5.41, 5.74) is -1.97. The molecule has 0 saturated carbocycles. The maximum absolute atomic E-state index is 14.5. The van der Waals surface area contributed by atoms with E-state index in [1.54, 1.807) is 41.3 Å². The van der Waals surface area contributed by atoms with Gasteiger partial charge in [-0.2, -0.15) is 0 Å². The Morgan fingerprint density at radius 3 is 2.54 bits per heavy atom. The summed E-state index contributed by atoms with van der Waals surface area (Å²) in [5.74, 6) is -2.99. The maximum Gasteiger partial charge on any atom is 0.313 e. The molecule has 1 spiro atoms. The van der Waals surface area contributed by atoms with Crippen molar-refractivity contribution in [1.29, 1.82) is 0 Å². The van der Waals surface area contributed by atoms with E-state index < -0.39 is 41.1 Å². The second-order valence-electron chi connectivity index (χ2n) is 10.7. The number of likely N-dealkylation sites (tertiary alicyclic amines) is 1. The van der Waals surface area contributed by atoms with Crippen molar-refractivity contribution in [2.24, 2.45) is 17.8 Å². The number of carbonyl (C=O) groups is 3. The van der Waals surface area contributed by atoms with E-state index in [0.717, 1.165) is 0 Å². The van der Waals surface area contributed by atoms with Crippen molar-refractivity contribution < 1.29 is 29.0 Å². The van der Waals surface area contributed by atoms with Crippen molar-refractivity contribution in [3.05, 3.63) is 53.6 Å². The minimum Gasteiger partial charge on any atom is -0.461 e. The summed E-state index contributed by atoms with van der Waals surface area (Å²) in [6, 6.07) is 5.34. The van der Waals surface area contributed by atoms with E-state index in [0.29, 0.717) is 23.6 Å². The normalized spacial score (nSPS) is 33.7. The number of amides is 2. The predicted molar refractivity (Wildman–Crippen MR) is 138 cm³/mol. The molecule has 198 valence electrons. The zero-order valence-electron chi connectivity index (χ0n) is 21.3. The topological polar surface area (TPSA) is 96.4 Å². The molecule has 8 nitrogen and oxygen atoms in total. The zero-order valence-corrected chi connectivity index (χ0v) is 22.1. The zero-order chi connectivity index (χ0) is 26.5. The first-order chi connectivity index (χ1) is 17.7. The lowest BCUT2D eigenvalue weighted by Gasteiger charge is -2.41. The second-order valence-corrected chi connectivity index (χ2v) is 11.1. The number of carbonyl (C=O) groups excluding carboxylic acids is 3. The molecule has 0 aromatic heterocycles. The molecule has 0 radical (unpaired) electrons. The SMILES string of the molecule is CC[C@]12C=CCOC(=O)[C@H]1[C@H]1C(=O)N([C@@H](CO)CC(C)C)C3C(=O)N(c4ccccc4Cl)CC=C[C@@]31O2. The van der Waals surface area contributed by atoms with Gasteiger partial charge in [-0.1, -0.05) is 62.7 Å². The molecule has 6 atom stereocenters. The van der Waals surface area contributed by atoms with Crippen molar-refractivity contribution in [3.8, 4) is 0 Å². The second kappa shape index (κ2) is 9.57. The highest BCUT2D eigenvalue weighted by molar-refractivity contribution is 6.34. The van der Waals surface area contributed by atoms with E-state index in [1.165, 1.54) is 4.90 Å². The number of anilines is 1. The van der Waals surface area contributed by atoms with Crippen LogP contribution in [-0.4, -0.2) is 70.8 Å². The molecule has 1 aromatic carbocycles. The fourth-order valence-electron chi connectivity index (χ4n) is 6.64. The molecule has 4 heterocycles. The molecule has 1 unspecified atom stereocenters. The Balaban J connectivity index is 1.70. The fraction of sp³-hybridized carbons (Fsp3) is 0.536. The molecule has 37 heavy (non-hydrogen) atoms. The Labute approximate surface area is 221 Å². The Kier molecular flexibility index (Phi) is 6.71. The van der Waals surface area contributed by atoms with Crippen LogP contribution in [0.1, 0.15) is 33.6 Å². The lowest BCUT2D eigenvalue weighted by Crippen LogP contribution is -2.59. The lowest BCUT2D eigenvalue weighted by atomic mass is 9.73. The quantitative estimate of drug-likeness (QED) is 0.450. The minimum atomic E-state index is -1.41. The van der Waals surface area contributed by atoms with Gasteiger partial charge in [0.05, 0.1) is 29.3 Å². The van der Waals surface area contributed by atoms with Crippen LogP contribution >= 0.6 is 11.6 Å². The molecule has 2 fully saturated rings. The van der Waals surface area contributed by atoms with Gasteiger partial charge in [-0.3, -0.25) is 14.4 Å². The van der Waals surface area contributed by atoms with Crippen LogP contribution in [0.2, 0.25) is 5.02 Å². The Bertz CT molecular complexity index is 1170. The summed E-state index contributed by atoms with van der Waals surface area (Å²) < 4.78 is 12.3.